The van der Waals surface area contributed by atoms with Gasteiger partial charge in [0, 0.05) is 23.9 Å². The lowest BCUT2D eigenvalue weighted by molar-refractivity contribution is -0.384. The third-order valence-corrected chi connectivity index (χ3v) is 8.00. The van der Waals surface area contributed by atoms with Crippen molar-refractivity contribution in [2.75, 3.05) is 18.8 Å². The number of benzene rings is 3. The lowest BCUT2D eigenvalue weighted by Gasteiger charge is -2.35. The number of non-ortho nitro benzene ring substituents is 1. The lowest BCUT2D eigenvalue weighted by Crippen LogP contribution is -2.44. The highest BCUT2D eigenvalue weighted by molar-refractivity contribution is 6.25. The predicted molar refractivity (Wildman–Crippen MR) is 140 cm³/mol. The third kappa shape index (κ3) is 3.27. The number of nitro benzene ring substituents is 1. The summed E-state index contributed by atoms with van der Waals surface area (Å²) in [5.74, 6) is -2.40. The van der Waals surface area contributed by atoms with Crippen LogP contribution in [0, 0.1) is 22.0 Å². The van der Waals surface area contributed by atoms with Gasteiger partial charge in [0.2, 0.25) is 18.6 Å². The fraction of sp³-hybridized carbons (Fsp3) is 0.207. The molecule has 3 aromatic carbocycles. The van der Waals surface area contributed by atoms with Crippen molar-refractivity contribution in [3.8, 4) is 17.2 Å². The molecule has 0 aliphatic carbocycles. The molecule has 4 heterocycles. The first-order valence-electron chi connectivity index (χ1n) is 12.6. The molecule has 2 saturated heterocycles. The van der Waals surface area contributed by atoms with Crippen molar-refractivity contribution in [3.63, 3.8) is 0 Å². The Labute approximate surface area is 227 Å². The number of nitro groups is 1. The predicted octanol–water partition coefficient (Wildman–Crippen LogP) is 3.73. The van der Waals surface area contributed by atoms with Crippen molar-refractivity contribution in [1.82, 2.24) is 4.90 Å². The molecule has 0 N–H and O–H groups in total. The summed E-state index contributed by atoms with van der Waals surface area (Å²) < 4.78 is 16.2. The summed E-state index contributed by atoms with van der Waals surface area (Å²) in [7, 11) is 1.35. The van der Waals surface area contributed by atoms with Crippen LogP contribution in [0.3, 0.4) is 0 Å². The normalized spacial score (nSPS) is 23.6. The van der Waals surface area contributed by atoms with E-state index in [-0.39, 0.29) is 29.7 Å². The van der Waals surface area contributed by atoms with Crippen molar-refractivity contribution in [3.05, 3.63) is 93.7 Å². The van der Waals surface area contributed by atoms with Crippen molar-refractivity contribution < 1.29 is 33.5 Å². The Morgan fingerprint density at radius 3 is 2.58 bits per heavy atom. The number of hydrogen-bond acceptors (Lipinski definition) is 9. The van der Waals surface area contributed by atoms with E-state index in [1.807, 2.05) is 30.3 Å². The van der Waals surface area contributed by atoms with Crippen LogP contribution in [0.4, 0.5) is 11.4 Å². The van der Waals surface area contributed by atoms with Gasteiger partial charge in [-0.2, -0.15) is 0 Å². The second-order valence-corrected chi connectivity index (χ2v) is 9.89. The number of Topliss-reactive ketones (excluding diaryl/α,β-unsaturated/α-hetero) is 1. The number of fused-ring (bicyclic) bond motifs is 6. The van der Waals surface area contributed by atoms with E-state index in [0.29, 0.717) is 17.1 Å². The summed E-state index contributed by atoms with van der Waals surface area (Å²) in [5.41, 5.74) is 1.68. The molecule has 7 rings (SSSR count). The third-order valence-electron chi connectivity index (χ3n) is 8.00. The Morgan fingerprint density at radius 2 is 1.77 bits per heavy atom. The number of methoxy groups -OCH3 is 1. The number of ketones is 1. The quantitative estimate of drug-likeness (QED) is 0.206. The first-order chi connectivity index (χ1) is 19.4. The zero-order valence-electron chi connectivity index (χ0n) is 21.1. The molecule has 0 bridgehead atoms. The minimum atomic E-state index is -1.05. The maximum Gasteiger partial charge on any atom is 0.271 e. The molecule has 0 saturated carbocycles. The monoisotopic (exact) mass is 539 g/mol. The Kier molecular flexibility index (Phi) is 5.18. The number of imide groups is 1. The number of nitrogens with zero attached hydrogens (tertiary/aromatic N) is 3. The second kappa shape index (κ2) is 8.67. The molecule has 0 radical (unpaired) electrons. The van der Waals surface area contributed by atoms with Gasteiger partial charge in [-0.05, 0) is 41.5 Å². The van der Waals surface area contributed by atoms with Crippen molar-refractivity contribution in [2.24, 2.45) is 11.8 Å². The molecule has 0 unspecified atom stereocenters. The molecule has 4 aliphatic rings. The minimum absolute atomic E-state index is 0.0263. The van der Waals surface area contributed by atoms with E-state index in [1.165, 1.54) is 19.2 Å². The largest absolute Gasteiger partial charge is 0.495 e. The highest BCUT2D eigenvalue weighted by Crippen LogP contribution is 2.54. The summed E-state index contributed by atoms with van der Waals surface area (Å²) in [5, 5.41) is 11.5. The number of amides is 2. The van der Waals surface area contributed by atoms with Gasteiger partial charge >= 0.3 is 0 Å². The molecule has 0 aromatic heterocycles. The van der Waals surface area contributed by atoms with Crippen LogP contribution in [0.5, 0.6) is 17.2 Å². The van der Waals surface area contributed by atoms with E-state index in [2.05, 4.69) is 0 Å². The summed E-state index contributed by atoms with van der Waals surface area (Å²) in [6.45, 7) is 0.0435. The highest BCUT2D eigenvalue weighted by atomic mass is 16.7. The molecular formula is C29H21N3O8. The van der Waals surface area contributed by atoms with Gasteiger partial charge in [-0.15, -0.1) is 0 Å². The smallest absolute Gasteiger partial charge is 0.271 e. The number of rotatable bonds is 5. The van der Waals surface area contributed by atoms with E-state index in [9.17, 15) is 24.5 Å². The number of ether oxygens (including phenoxy) is 3. The van der Waals surface area contributed by atoms with Gasteiger partial charge in [0.15, 0.2) is 17.3 Å². The van der Waals surface area contributed by atoms with Crippen LogP contribution in [0.1, 0.15) is 27.5 Å². The number of carbonyl (C=O) groups excluding carboxylic acids is 3. The number of carbonyl (C=O) groups is 3. The Hall–Kier alpha value is -5.19. The van der Waals surface area contributed by atoms with E-state index < -0.39 is 40.7 Å². The zero-order valence-corrected chi connectivity index (χ0v) is 21.1. The topological polar surface area (TPSA) is 129 Å². The Balaban J connectivity index is 1.37. The van der Waals surface area contributed by atoms with Gasteiger partial charge in [0.25, 0.3) is 5.69 Å². The molecular weight excluding hydrogens is 518 g/mol. The first-order valence-corrected chi connectivity index (χ1v) is 12.6. The average molecular weight is 540 g/mol. The molecule has 40 heavy (non-hydrogen) atoms. The summed E-state index contributed by atoms with van der Waals surface area (Å²) in [6.07, 6.45) is 3.63. The molecule has 11 nitrogen and oxygen atoms in total. The highest BCUT2D eigenvalue weighted by Gasteiger charge is 2.65. The van der Waals surface area contributed by atoms with Gasteiger partial charge in [-0.25, -0.2) is 4.90 Å². The maximum absolute atomic E-state index is 14.2. The fourth-order valence-corrected chi connectivity index (χ4v) is 6.28. The summed E-state index contributed by atoms with van der Waals surface area (Å²) in [6, 6.07) is 14.5. The molecule has 11 heteroatoms. The molecule has 0 spiro atoms. The van der Waals surface area contributed by atoms with Crippen molar-refractivity contribution >= 4 is 35.0 Å². The molecule has 2 fully saturated rings. The van der Waals surface area contributed by atoms with E-state index >= 15 is 0 Å². The van der Waals surface area contributed by atoms with Crippen LogP contribution in [-0.2, 0) is 9.59 Å². The fourth-order valence-electron chi connectivity index (χ4n) is 6.28. The van der Waals surface area contributed by atoms with Gasteiger partial charge in [-0.1, -0.05) is 24.3 Å². The summed E-state index contributed by atoms with van der Waals surface area (Å²) >= 11 is 0. The van der Waals surface area contributed by atoms with Crippen LogP contribution >= 0.6 is 0 Å². The molecule has 2 amide bonds. The van der Waals surface area contributed by atoms with E-state index in [4.69, 9.17) is 14.2 Å². The average Bonchev–Trinajstić information content (AvgIpc) is 3.65. The minimum Gasteiger partial charge on any atom is -0.495 e. The Morgan fingerprint density at radius 1 is 1.00 bits per heavy atom. The standard InChI is InChI=1S/C29H21N3O8/c1-38-20-9-7-17(32(36)37)13-19(20)31-28(34)23-24(29(31)35)26(27(33)16-6-8-21-22(12-16)40-14-39-21)30-11-10-15-4-2-3-5-18(15)25(23)30/h2-13,23-26H,14H2,1H3/t23-,24+,25+,26+/m0/s1. The van der Waals surface area contributed by atoms with E-state index in [1.54, 1.807) is 29.3 Å². The lowest BCUT2D eigenvalue weighted by atomic mass is 9.83. The van der Waals surface area contributed by atoms with Gasteiger partial charge in [0.1, 0.15) is 17.5 Å². The first kappa shape index (κ1) is 23.9. The molecule has 4 atom stereocenters. The second-order valence-electron chi connectivity index (χ2n) is 9.89. The molecule has 200 valence electrons. The number of hydrogen-bond donors (Lipinski definition) is 0. The Bertz CT molecular complexity index is 1670. The van der Waals surface area contributed by atoms with Gasteiger partial charge < -0.3 is 19.1 Å². The van der Waals surface area contributed by atoms with Gasteiger partial charge in [-0.3, -0.25) is 24.5 Å². The zero-order chi connectivity index (χ0) is 27.7. The van der Waals surface area contributed by atoms with Crippen LogP contribution in [0.25, 0.3) is 6.08 Å². The maximum atomic E-state index is 14.2. The van der Waals surface area contributed by atoms with Crippen LogP contribution in [-0.4, -0.2) is 47.4 Å². The van der Waals surface area contributed by atoms with Gasteiger partial charge in [0.05, 0.1) is 29.9 Å². The van der Waals surface area contributed by atoms with Crippen molar-refractivity contribution in [1.29, 1.82) is 0 Å². The van der Waals surface area contributed by atoms with Crippen molar-refractivity contribution in [2.45, 2.75) is 12.1 Å². The number of anilines is 1. The van der Waals surface area contributed by atoms with Crippen LogP contribution < -0.4 is 19.1 Å². The van der Waals surface area contributed by atoms with Crippen LogP contribution in [0.2, 0.25) is 0 Å². The molecule has 4 aliphatic heterocycles. The van der Waals surface area contributed by atoms with Crippen LogP contribution in [0.15, 0.2) is 66.9 Å². The summed E-state index contributed by atoms with van der Waals surface area (Å²) in [4.78, 5) is 56.1. The van der Waals surface area contributed by atoms with E-state index in [0.717, 1.165) is 22.1 Å². The molecule has 3 aromatic rings. The SMILES string of the molecule is COc1ccc([N+](=O)[O-])cc1N1C(=O)[C@@H]2[C@H](C1=O)[C@H]1c3ccccc3C=CN1[C@H]2C(=O)c1ccc2c(c1)OCO2.